The molecule has 0 atom stereocenters. The molecule has 0 amide bonds. The Kier molecular flexibility index (Phi) is 5.58. The van der Waals surface area contributed by atoms with E-state index in [1.807, 2.05) is 31.2 Å². The fourth-order valence-electron chi connectivity index (χ4n) is 2.52. The van der Waals surface area contributed by atoms with Crippen molar-refractivity contribution in [2.24, 2.45) is 0 Å². The van der Waals surface area contributed by atoms with Gasteiger partial charge in [-0.25, -0.2) is 4.98 Å². The quantitative estimate of drug-likeness (QED) is 0.695. The smallest absolute Gasteiger partial charge is 0.259 e. The summed E-state index contributed by atoms with van der Waals surface area (Å²) in [7, 11) is 1.59. The fourth-order valence-corrected chi connectivity index (χ4v) is 2.73. The molecular formula is C20H19ClN2O3. The molecule has 1 aromatic heterocycles. The number of methoxy groups -OCH3 is 1. The fraction of sp³-hybridized carbons (Fsp3) is 0.200. The maximum Gasteiger partial charge on any atom is 0.259 e. The standard InChI is InChI=1S/C20H19ClN2O3/c1-3-10-26-17-9-8-13(12-18(17)25-2)11-15(21)19-22-16-7-5-4-6-14(16)20(24)23-19/h4-9,11-12H,3,10H2,1-2H3,(H,22,23,24)/b15-11-. The average molecular weight is 371 g/mol. The average Bonchev–Trinajstić information content (AvgIpc) is 2.66. The van der Waals surface area contributed by atoms with Crippen molar-refractivity contribution in [2.75, 3.05) is 13.7 Å². The number of ether oxygens (including phenoxy) is 2. The number of benzene rings is 2. The van der Waals surface area contributed by atoms with Crippen LogP contribution in [0.1, 0.15) is 24.7 Å². The largest absolute Gasteiger partial charge is 0.493 e. The number of rotatable bonds is 6. The molecule has 0 aliphatic heterocycles. The molecule has 134 valence electrons. The number of hydrogen-bond acceptors (Lipinski definition) is 4. The highest BCUT2D eigenvalue weighted by atomic mass is 35.5. The number of hydrogen-bond donors (Lipinski definition) is 1. The number of halogens is 1. The number of aromatic amines is 1. The number of aromatic nitrogens is 2. The van der Waals surface area contributed by atoms with Crippen LogP contribution in [0.4, 0.5) is 0 Å². The molecule has 26 heavy (non-hydrogen) atoms. The molecule has 0 bridgehead atoms. The summed E-state index contributed by atoms with van der Waals surface area (Å²) >= 11 is 6.39. The highest BCUT2D eigenvalue weighted by Gasteiger charge is 2.08. The number of H-pyrrole nitrogens is 1. The monoisotopic (exact) mass is 370 g/mol. The Balaban J connectivity index is 1.96. The first kappa shape index (κ1) is 18.0. The van der Waals surface area contributed by atoms with Crippen LogP contribution in [0, 0.1) is 0 Å². The zero-order chi connectivity index (χ0) is 18.5. The first-order valence-electron chi connectivity index (χ1n) is 8.30. The molecule has 0 saturated carbocycles. The van der Waals surface area contributed by atoms with Crippen molar-refractivity contribution < 1.29 is 9.47 Å². The van der Waals surface area contributed by atoms with Crippen LogP contribution in [0.2, 0.25) is 0 Å². The zero-order valence-corrected chi connectivity index (χ0v) is 15.3. The highest BCUT2D eigenvalue weighted by Crippen LogP contribution is 2.30. The Hall–Kier alpha value is -2.79. The van der Waals surface area contributed by atoms with Gasteiger partial charge in [0.1, 0.15) is 0 Å². The van der Waals surface area contributed by atoms with Crippen molar-refractivity contribution in [3.63, 3.8) is 0 Å². The molecular weight excluding hydrogens is 352 g/mol. The molecule has 0 aliphatic carbocycles. The zero-order valence-electron chi connectivity index (χ0n) is 14.6. The molecule has 1 N–H and O–H groups in total. The van der Waals surface area contributed by atoms with Crippen LogP contribution >= 0.6 is 11.6 Å². The minimum atomic E-state index is -0.224. The number of para-hydroxylation sites is 1. The molecule has 6 heteroatoms. The number of nitrogens with one attached hydrogen (secondary N) is 1. The molecule has 0 saturated heterocycles. The Bertz CT molecular complexity index is 1010. The van der Waals surface area contributed by atoms with Gasteiger partial charge in [-0.2, -0.15) is 0 Å². The number of fused-ring (bicyclic) bond motifs is 1. The maximum absolute atomic E-state index is 12.2. The van der Waals surface area contributed by atoms with E-state index >= 15 is 0 Å². The Morgan fingerprint density at radius 3 is 2.81 bits per heavy atom. The summed E-state index contributed by atoms with van der Waals surface area (Å²) in [6, 6.07) is 12.7. The van der Waals surface area contributed by atoms with Crippen LogP contribution in [-0.4, -0.2) is 23.7 Å². The maximum atomic E-state index is 12.2. The van der Waals surface area contributed by atoms with E-state index in [2.05, 4.69) is 9.97 Å². The van der Waals surface area contributed by atoms with E-state index in [1.165, 1.54) is 0 Å². The first-order chi connectivity index (χ1) is 12.6. The van der Waals surface area contributed by atoms with E-state index in [4.69, 9.17) is 21.1 Å². The van der Waals surface area contributed by atoms with Crippen molar-refractivity contribution in [3.05, 3.63) is 64.2 Å². The SMILES string of the molecule is CCCOc1ccc(/C=C(\Cl)c2nc3ccccc3c(=O)[nH]2)cc1OC. The van der Waals surface area contributed by atoms with Crippen LogP contribution in [0.3, 0.4) is 0 Å². The second-order valence-corrected chi connectivity index (χ2v) is 6.09. The van der Waals surface area contributed by atoms with Gasteiger partial charge < -0.3 is 14.5 Å². The lowest BCUT2D eigenvalue weighted by Gasteiger charge is -2.10. The van der Waals surface area contributed by atoms with E-state index < -0.39 is 0 Å². The Morgan fingerprint density at radius 2 is 2.04 bits per heavy atom. The summed E-state index contributed by atoms with van der Waals surface area (Å²) in [4.78, 5) is 19.3. The predicted octanol–water partition coefficient (Wildman–Crippen LogP) is 4.46. The normalized spacial score (nSPS) is 11.6. The topological polar surface area (TPSA) is 64.2 Å². The Morgan fingerprint density at radius 1 is 1.23 bits per heavy atom. The molecule has 0 radical (unpaired) electrons. The van der Waals surface area contributed by atoms with Gasteiger partial charge in [0.2, 0.25) is 0 Å². The van der Waals surface area contributed by atoms with Crippen LogP contribution in [0.25, 0.3) is 22.0 Å². The van der Waals surface area contributed by atoms with Gasteiger partial charge in [-0.1, -0.05) is 36.7 Å². The van der Waals surface area contributed by atoms with Gasteiger partial charge in [0.15, 0.2) is 17.3 Å². The van der Waals surface area contributed by atoms with E-state index in [9.17, 15) is 4.79 Å². The summed E-state index contributed by atoms with van der Waals surface area (Å²) in [5.41, 5.74) is 1.18. The molecule has 1 heterocycles. The lowest BCUT2D eigenvalue weighted by molar-refractivity contribution is 0.294. The summed E-state index contributed by atoms with van der Waals surface area (Å²) in [6.45, 7) is 2.66. The third-order valence-corrected chi connectivity index (χ3v) is 4.07. The molecule has 3 aromatic rings. The minimum absolute atomic E-state index is 0.224. The van der Waals surface area contributed by atoms with Crippen molar-refractivity contribution in [2.45, 2.75) is 13.3 Å². The van der Waals surface area contributed by atoms with Gasteiger partial charge in [0, 0.05) is 0 Å². The summed E-state index contributed by atoms with van der Waals surface area (Å²) in [6.07, 6.45) is 2.64. The molecule has 0 unspecified atom stereocenters. The summed E-state index contributed by atoms with van der Waals surface area (Å²) in [5.74, 6) is 1.62. The molecule has 3 rings (SSSR count). The van der Waals surface area contributed by atoms with Gasteiger partial charge in [0.05, 0.1) is 29.7 Å². The lowest BCUT2D eigenvalue weighted by atomic mass is 10.2. The second-order valence-electron chi connectivity index (χ2n) is 5.68. The van der Waals surface area contributed by atoms with Gasteiger partial charge in [-0.15, -0.1) is 0 Å². The molecule has 0 fully saturated rings. The van der Waals surface area contributed by atoms with Gasteiger partial charge in [0.25, 0.3) is 5.56 Å². The van der Waals surface area contributed by atoms with E-state index in [-0.39, 0.29) is 5.56 Å². The third-order valence-electron chi connectivity index (χ3n) is 3.78. The van der Waals surface area contributed by atoms with Crippen molar-refractivity contribution >= 4 is 33.6 Å². The van der Waals surface area contributed by atoms with Crippen LogP contribution in [0.5, 0.6) is 11.5 Å². The van der Waals surface area contributed by atoms with Crippen LogP contribution in [-0.2, 0) is 0 Å². The van der Waals surface area contributed by atoms with Crippen molar-refractivity contribution in [1.82, 2.24) is 9.97 Å². The van der Waals surface area contributed by atoms with Crippen molar-refractivity contribution in [1.29, 1.82) is 0 Å². The van der Waals surface area contributed by atoms with Gasteiger partial charge >= 0.3 is 0 Å². The van der Waals surface area contributed by atoms with E-state index in [1.54, 1.807) is 31.4 Å². The van der Waals surface area contributed by atoms with E-state index in [0.717, 1.165) is 12.0 Å². The first-order valence-corrected chi connectivity index (χ1v) is 8.67. The molecule has 5 nitrogen and oxygen atoms in total. The second kappa shape index (κ2) is 8.06. The predicted molar refractivity (Wildman–Crippen MR) is 105 cm³/mol. The molecule has 0 aliphatic rings. The Labute approximate surface area is 156 Å². The van der Waals surface area contributed by atoms with E-state index in [0.29, 0.717) is 39.9 Å². The molecule has 0 spiro atoms. The lowest BCUT2D eigenvalue weighted by Crippen LogP contribution is -2.10. The van der Waals surface area contributed by atoms with Crippen LogP contribution < -0.4 is 15.0 Å². The van der Waals surface area contributed by atoms with Gasteiger partial charge in [-0.05, 0) is 42.3 Å². The summed E-state index contributed by atoms with van der Waals surface area (Å²) < 4.78 is 11.0. The van der Waals surface area contributed by atoms with Crippen LogP contribution in [0.15, 0.2) is 47.3 Å². The minimum Gasteiger partial charge on any atom is -0.493 e. The summed E-state index contributed by atoms with van der Waals surface area (Å²) in [5, 5.41) is 0.858. The highest BCUT2D eigenvalue weighted by molar-refractivity contribution is 6.50. The molecule has 2 aromatic carbocycles. The number of nitrogens with zero attached hydrogens (tertiary/aromatic N) is 1. The van der Waals surface area contributed by atoms with Gasteiger partial charge in [-0.3, -0.25) is 4.79 Å². The third kappa shape index (κ3) is 3.89. The van der Waals surface area contributed by atoms with Crippen molar-refractivity contribution in [3.8, 4) is 11.5 Å².